The second-order valence-corrected chi connectivity index (χ2v) is 5.06. The van der Waals surface area contributed by atoms with E-state index in [-0.39, 0.29) is 5.82 Å². The number of fused-ring (bicyclic) bond motifs is 1. The van der Waals surface area contributed by atoms with Crippen molar-refractivity contribution >= 4 is 10.8 Å². The smallest absolute Gasteiger partial charge is 0.138 e. The SMILES string of the molecule is CCc1ccc2c(F)c(-c3ccc(OC)cc3)ccc2c1. The molecule has 0 bridgehead atoms. The van der Waals surface area contributed by atoms with Gasteiger partial charge in [-0.05, 0) is 35.1 Å². The number of benzene rings is 3. The summed E-state index contributed by atoms with van der Waals surface area (Å²) in [7, 11) is 1.62. The van der Waals surface area contributed by atoms with Gasteiger partial charge in [-0.2, -0.15) is 0 Å². The summed E-state index contributed by atoms with van der Waals surface area (Å²) < 4.78 is 19.9. The molecule has 0 heterocycles. The number of hydrogen-bond acceptors (Lipinski definition) is 1. The second kappa shape index (κ2) is 5.57. The molecule has 0 saturated carbocycles. The maximum Gasteiger partial charge on any atom is 0.138 e. The topological polar surface area (TPSA) is 9.23 Å². The van der Waals surface area contributed by atoms with Crippen LogP contribution >= 0.6 is 0 Å². The molecule has 0 fully saturated rings. The predicted octanol–water partition coefficient (Wildman–Crippen LogP) is 5.22. The van der Waals surface area contributed by atoms with E-state index in [4.69, 9.17) is 4.74 Å². The highest BCUT2D eigenvalue weighted by Gasteiger charge is 2.09. The van der Waals surface area contributed by atoms with Gasteiger partial charge in [0.25, 0.3) is 0 Å². The largest absolute Gasteiger partial charge is 0.497 e. The highest BCUT2D eigenvalue weighted by molar-refractivity contribution is 5.88. The fourth-order valence-corrected chi connectivity index (χ4v) is 2.55. The first-order chi connectivity index (χ1) is 10.2. The van der Waals surface area contributed by atoms with Gasteiger partial charge in [0.1, 0.15) is 11.6 Å². The van der Waals surface area contributed by atoms with Crippen LogP contribution in [0.3, 0.4) is 0 Å². The van der Waals surface area contributed by atoms with E-state index in [2.05, 4.69) is 13.0 Å². The summed E-state index contributed by atoms with van der Waals surface area (Å²) in [5, 5.41) is 1.62. The Morgan fingerprint density at radius 1 is 0.952 bits per heavy atom. The zero-order valence-corrected chi connectivity index (χ0v) is 12.2. The van der Waals surface area contributed by atoms with Crippen molar-refractivity contribution < 1.29 is 9.13 Å². The maximum atomic E-state index is 14.7. The first-order valence-corrected chi connectivity index (χ1v) is 7.08. The van der Waals surface area contributed by atoms with Gasteiger partial charge in [0, 0.05) is 10.9 Å². The van der Waals surface area contributed by atoms with Gasteiger partial charge >= 0.3 is 0 Å². The minimum Gasteiger partial charge on any atom is -0.497 e. The molecule has 106 valence electrons. The van der Waals surface area contributed by atoms with Gasteiger partial charge in [0.15, 0.2) is 0 Å². The molecule has 0 saturated heterocycles. The Morgan fingerprint density at radius 2 is 1.71 bits per heavy atom. The molecule has 0 spiro atoms. The van der Waals surface area contributed by atoms with E-state index in [9.17, 15) is 4.39 Å². The van der Waals surface area contributed by atoms with E-state index in [1.54, 1.807) is 7.11 Å². The van der Waals surface area contributed by atoms with Crippen molar-refractivity contribution in [2.45, 2.75) is 13.3 Å². The lowest BCUT2D eigenvalue weighted by atomic mass is 9.98. The van der Waals surface area contributed by atoms with Gasteiger partial charge in [-0.25, -0.2) is 4.39 Å². The van der Waals surface area contributed by atoms with Gasteiger partial charge in [0.05, 0.1) is 7.11 Å². The minimum absolute atomic E-state index is 0.166. The highest BCUT2D eigenvalue weighted by Crippen LogP contribution is 2.30. The lowest BCUT2D eigenvalue weighted by Crippen LogP contribution is -1.89. The maximum absolute atomic E-state index is 14.7. The second-order valence-electron chi connectivity index (χ2n) is 5.06. The standard InChI is InChI=1S/C19H17FO/c1-3-13-4-10-18-15(12-13)7-11-17(19(18)20)14-5-8-16(21-2)9-6-14/h4-12H,3H2,1-2H3. The van der Waals surface area contributed by atoms with Gasteiger partial charge in [-0.3, -0.25) is 0 Å². The summed E-state index contributed by atoms with van der Waals surface area (Å²) in [5.41, 5.74) is 2.70. The Bertz CT molecular complexity index is 775. The number of hydrogen-bond donors (Lipinski definition) is 0. The van der Waals surface area contributed by atoms with Gasteiger partial charge in [-0.15, -0.1) is 0 Å². The molecule has 0 radical (unpaired) electrons. The van der Waals surface area contributed by atoms with Crippen molar-refractivity contribution in [2.75, 3.05) is 7.11 Å². The van der Waals surface area contributed by atoms with Crippen LogP contribution in [0.5, 0.6) is 5.75 Å². The molecule has 0 unspecified atom stereocenters. The number of rotatable bonds is 3. The fourth-order valence-electron chi connectivity index (χ4n) is 2.55. The molecule has 3 aromatic carbocycles. The summed E-state index contributed by atoms with van der Waals surface area (Å²) in [6, 6.07) is 17.2. The Morgan fingerprint density at radius 3 is 2.38 bits per heavy atom. The van der Waals surface area contributed by atoms with E-state index in [0.29, 0.717) is 10.9 Å². The van der Waals surface area contributed by atoms with Crippen molar-refractivity contribution in [3.8, 4) is 16.9 Å². The summed E-state index contributed by atoms with van der Waals surface area (Å²) in [5.74, 6) is 0.604. The summed E-state index contributed by atoms with van der Waals surface area (Å²) in [6.45, 7) is 2.10. The monoisotopic (exact) mass is 280 g/mol. The molecule has 0 amide bonds. The van der Waals surface area contributed by atoms with Crippen LogP contribution in [0.15, 0.2) is 54.6 Å². The van der Waals surface area contributed by atoms with Gasteiger partial charge < -0.3 is 4.74 Å². The lowest BCUT2D eigenvalue weighted by molar-refractivity contribution is 0.415. The molecule has 0 aliphatic rings. The van der Waals surface area contributed by atoms with Crippen LogP contribution in [0.25, 0.3) is 21.9 Å². The molecule has 3 aromatic rings. The molecular formula is C19H17FO. The molecule has 0 aromatic heterocycles. The van der Waals surface area contributed by atoms with Crippen LogP contribution < -0.4 is 4.74 Å². The minimum atomic E-state index is -0.166. The lowest BCUT2D eigenvalue weighted by Gasteiger charge is -2.09. The third kappa shape index (κ3) is 2.49. The van der Waals surface area contributed by atoms with E-state index in [1.807, 2.05) is 48.5 Å². The first kappa shape index (κ1) is 13.6. The van der Waals surface area contributed by atoms with E-state index in [0.717, 1.165) is 23.1 Å². The normalized spacial score (nSPS) is 10.8. The van der Waals surface area contributed by atoms with Gasteiger partial charge in [0.2, 0.25) is 0 Å². The number of ether oxygens (including phenoxy) is 1. The Hall–Kier alpha value is -2.35. The average Bonchev–Trinajstić information content (AvgIpc) is 2.55. The van der Waals surface area contributed by atoms with Crippen molar-refractivity contribution in [3.05, 3.63) is 66.0 Å². The van der Waals surface area contributed by atoms with Crippen molar-refractivity contribution in [3.63, 3.8) is 0 Å². The highest BCUT2D eigenvalue weighted by atomic mass is 19.1. The molecule has 2 heteroatoms. The average molecular weight is 280 g/mol. The third-order valence-electron chi connectivity index (χ3n) is 3.83. The fraction of sp³-hybridized carbons (Fsp3) is 0.158. The summed E-state index contributed by atoms with van der Waals surface area (Å²) >= 11 is 0. The van der Waals surface area contributed by atoms with Crippen LogP contribution in [0, 0.1) is 5.82 Å². The van der Waals surface area contributed by atoms with Crippen molar-refractivity contribution in [1.82, 2.24) is 0 Å². The molecule has 0 aliphatic heterocycles. The molecule has 0 N–H and O–H groups in total. The molecule has 3 rings (SSSR count). The van der Waals surface area contributed by atoms with E-state index >= 15 is 0 Å². The van der Waals surface area contributed by atoms with Crippen molar-refractivity contribution in [1.29, 1.82) is 0 Å². The van der Waals surface area contributed by atoms with E-state index < -0.39 is 0 Å². The summed E-state index contributed by atoms with van der Waals surface area (Å²) in [4.78, 5) is 0. The molecular weight excluding hydrogens is 263 g/mol. The number of halogens is 1. The van der Waals surface area contributed by atoms with Crippen LogP contribution in [0.4, 0.5) is 4.39 Å². The van der Waals surface area contributed by atoms with Crippen molar-refractivity contribution in [2.24, 2.45) is 0 Å². The molecule has 0 aliphatic carbocycles. The van der Waals surface area contributed by atoms with Crippen LogP contribution in [0.1, 0.15) is 12.5 Å². The Labute approximate surface area is 124 Å². The predicted molar refractivity (Wildman–Crippen MR) is 85.3 cm³/mol. The van der Waals surface area contributed by atoms with E-state index in [1.165, 1.54) is 5.56 Å². The van der Waals surface area contributed by atoms with Gasteiger partial charge in [-0.1, -0.05) is 49.4 Å². The third-order valence-corrected chi connectivity index (χ3v) is 3.83. The van der Waals surface area contributed by atoms with Crippen LogP contribution in [-0.4, -0.2) is 7.11 Å². The molecule has 21 heavy (non-hydrogen) atoms. The molecule has 1 nitrogen and oxygen atoms in total. The number of aryl methyl sites for hydroxylation is 1. The quantitative estimate of drug-likeness (QED) is 0.639. The first-order valence-electron chi connectivity index (χ1n) is 7.08. The Kier molecular flexibility index (Phi) is 3.61. The molecule has 0 atom stereocenters. The van der Waals surface area contributed by atoms with Crippen LogP contribution in [-0.2, 0) is 6.42 Å². The summed E-state index contributed by atoms with van der Waals surface area (Å²) in [6.07, 6.45) is 0.956. The zero-order chi connectivity index (χ0) is 14.8. The zero-order valence-electron chi connectivity index (χ0n) is 12.2. The van der Waals surface area contributed by atoms with Crippen LogP contribution in [0.2, 0.25) is 0 Å². The number of methoxy groups -OCH3 is 1. The Balaban J connectivity index is 2.12.